The Labute approximate surface area is 138 Å². The van der Waals surface area contributed by atoms with Crippen LogP contribution in [0, 0.1) is 12.3 Å². The summed E-state index contributed by atoms with van der Waals surface area (Å²) in [6, 6.07) is 6.29. The number of terminal acetylenes is 1. The molecule has 2 rings (SSSR count). The summed E-state index contributed by atoms with van der Waals surface area (Å²) >= 11 is 0. The fraction of sp³-hybridized carbons (Fsp3) is 0.471. The molecule has 1 aliphatic carbocycles. The van der Waals surface area contributed by atoms with Gasteiger partial charge in [-0.3, -0.25) is 0 Å². The van der Waals surface area contributed by atoms with E-state index in [2.05, 4.69) is 17.3 Å². The number of carbonyl (C=O) groups excluding carboxylic acids is 1. The van der Waals surface area contributed by atoms with Crippen molar-refractivity contribution in [2.75, 3.05) is 20.1 Å². The number of ether oxygens (including phenoxy) is 1. The average Bonchev–Trinajstić information content (AvgIpc) is 2.87. The normalized spacial score (nSPS) is 15.4. The zero-order valence-corrected chi connectivity index (χ0v) is 13.9. The van der Waals surface area contributed by atoms with Crippen LogP contribution in [-0.2, 0) is 6.42 Å². The van der Waals surface area contributed by atoms with Crippen molar-refractivity contribution in [2.24, 2.45) is 0 Å². The Morgan fingerprint density at radius 1 is 1.55 bits per heavy atom. The van der Waals surface area contributed by atoms with Crippen LogP contribution < -0.4 is 22.5 Å². The van der Waals surface area contributed by atoms with Gasteiger partial charge < -0.3 is 27.4 Å². The highest BCUT2D eigenvalue weighted by molar-refractivity contribution is 5.70. The second-order valence-corrected chi connectivity index (χ2v) is 5.44. The van der Waals surface area contributed by atoms with Crippen molar-refractivity contribution >= 4 is 6.09 Å². The number of fused-ring (bicyclic) bond motifs is 1. The largest absolute Gasteiger partial charge is 1.00 e. The number of hydrogen-bond acceptors (Lipinski definition) is 2. The summed E-state index contributed by atoms with van der Waals surface area (Å²) in [6.45, 7) is 3.40. The first kappa shape index (κ1) is 18.3. The van der Waals surface area contributed by atoms with Gasteiger partial charge in [0.2, 0.25) is 0 Å². The highest BCUT2D eigenvalue weighted by Crippen LogP contribution is 2.31. The standard InChI is InChI=1S/C17H22N2O2.ClH/c1-4-10-18-16-9-7-13-6-8-14(12-15(13)16)21-17(20)19(3)11-5-2;/h1,6,8,12,16,18H,5,7,9-11H2,2-3H3;1H. The van der Waals surface area contributed by atoms with Gasteiger partial charge in [-0.1, -0.05) is 13.0 Å². The molecule has 1 unspecified atom stereocenters. The second-order valence-electron chi connectivity index (χ2n) is 5.44. The lowest BCUT2D eigenvalue weighted by atomic mass is 10.1. The van der Waals surface area contributed by atoms with E-state index < -0.39 is 0 Å². The Balaban J connectivity index is 0.00000242. The van der Waals surface area contributed by atoms with Gasteiger partial charge in [-0.15, -0.1) is 6.42 Å². The van der Waals surface area contributed by atoms with Crippen LogP contribution in [0.1, 0.15) is 36.9 Å². The van der Waals surface area contributed by atoms with E-state index in [-0.39, 0.29) is 18.5 Å². The van der Waals surface area contributed by atoms with Crippen LogP contribution in [0.5, 0.6) is 5.75 Å². The van der Waals surface area contributed by atoms with E-state index >= 15 is 0 Å². The third kappa shape index (κ3) is 4.40. The van der Waals surface area contributed by atoms with Gasteiger partial charge in [0.05, 0.1) is 0 Å². The van der Waals surface area contributed by atoms with Crippen molar-refractivity contribution in [3.63, 3.8) is 0 Å². The van der Waals surface area contributed by atoms with Gasteiger partial charge >= 0.3 is 6.09 Å². The maximum absolute atomic E-state index is 11.9. The fourth-order valence-electron chi connectivity index (χ4n) is 2.74. The molecule has 5 heteroatoms. The molecule has 1 aromatic rings. The van der Waals surface area contributed by atoms with Crippen LogP contribution in [0.3, 0.4) is 0 Å². The Morgan fingerprint density at radius 3 is 3.00 bits per heavy atom. The quantitative estimate of drug-likeness (QED) is 0.686. The number of benzene rings is 1. The second kappa shape index (κ2) is 8.67. The van der Waals surface area contributed by atoms with Crippen molar-refractivity contribution in [1.82, 2.24) is 4.90 Å². The summed E-state index contributed by atoms with van der Waals surface area (Å²) in [6.07, 6.45) is 8.09. The monoisotopic (exact) mass is 322 g/mol. The van der Waals surface area contributed by atoms with E-state index in [4.69, 9.17) is 11.2 Å². The van der Waals surface area contributed by atoms with Crippen molar-refractivity contribution in [2.45, 2.75) is 32.2 Å². The number of amides is 1. The Morgan fingerprint density at radius 2 is 2.32 bits per heavy atom. The molecule has 22 heavy (non-hydrogen) atoms. The molecule has 0 aromatic heterocycles. The first-order valence-electron chi connectivity index (χ1n) is 7.48. The molecule has 0 fully saturated rings. The van der Waals surface area contributed by atoms with E-state index in [0.29, 0.717) is 24.9 Å². The van der Waals surface area contributed by atoms with Crippen LogP contribution >= 0.6 is 0 Å². The third-order valence-corrected chi connectivity index (χ3v) is 3.84. The first-order chi connectivity index (χ1) is 10.2. The molecule has 120 valence electrons. The summed E-state index contributed by atoms with van der Waals surface area (Å²) in [5.41, 5.74) is 2.57. The third-order valence-electron chi connectivity index (χ3n) is 3.84. The lowest BCUT2D eigenvalue weighted by molar-refractivity contribution is -0.685. The molecule has 1 aromatic carbocycles. The van der Waals surface area contributed by atoms with Crippen LogP contribution in [0.4, 0.5) is 4.79 Å². The van der Waals surface area contributed by atoms with E-state index in [1.807, 2.05) is 19.1 Å². The molecule has 4 nitrogen and oxygen atoms in total. The molecular weight excluding hydrogens is 300 g/mol. The molecule has 0 bridgehead atoms. The lowest BCUT2D eigenvalue weighted by Gasteiger charge is -2.16. The van der Waals surface area contributed by atoms with Gasteiger partial charge in [-0.25, -0.2) is 4.79 Å². The minimum Gasteiger partial charge on any atom is -1.00 e. The molecule has 1 atom stereocenters. The number of nitrogens with two attached hydrogens (primary N) is 1. The van der Waals surface area contributed by atoms with E-state index in [1.54, 1.807) is 11.9 Å². The molecule has 0 saturated carbocycles. The SMILES string of the molecule is C#CC[NH2+]C1CCc2ccc(OC(=O)N(C)CCC)cc21.[Cl-]. The lowest BCUT2D eigenvalue weighted by Crippen LogP contribution is -3.00. The Kier molecular flexibility index (Phi) is 7.23. The van der Waals surface area contributed by atoms with Crippen LogP contribution in [0.15, 0.2) is 18.2 Å². The van der Waals surface area contributed by atoms with Crippen molar-refractivity contribution in [1.29, 1.82) is 0 Å². The van der Waals surface area contributed by atoms with Gasteiger partial charge in [0.1, 0.15) is 18.3 Å². The minimum absolute atomic E-state index is 0. The summed E-state index contributed by atoms with van der Waals surface area (Å²) in [4.78, 5) is 13.5. The van der Waals surface area contributed by atoms with Crippen molar-refractivity contribution in [3.05, 3.63) is 29.3 Å². The van der Waals surface area contributed by atoms with E-state index in [1.165, 1.54) is 11.1 Å². The number of nitrogens with zero attached hydrogens (tertiary/aromatic N) is 1. The van der Waals surface area contributed by atoms with Crippen molar-refractivity contribution in [3.8, 4) is 18.1 Å². The van der Waals surface area contributed by atoms with Crippen LogP contribution in [0.2, 0.25) is 0 Å². The number of carbonyl (C=O) groups is 1. The zero-order valence-electron chi connectivity index (χ0n) is 13.1. The van der Waals surface area contributed by atoms with Gasteiger partial charge in [-0.05, 0) is 36.5 Å². The average molecular weight is 323 g/mol. The van der Waals surface area contributed by atoms with Gasteiger partial charge in [0.25, 0.3) is 0 Å². The summed E-state index contributed by atoms with van der Waals surface area (Å²) in [5, 5.41) is 2.17. The van der Waals surface area contributed by atoms with Gasteiger partial charge in [0.15, 0.2) is 0 Å². The zero-order chi connectivity index (χ0) is 15.2. The molecule has 0 radical (unpaired) electrons. The molecule has 0 aliphatic heterocycles. The van der Waals surface area contributed by atoms with Crippen LogP contribution in [-0.4, -0.2) is 31.1 Å². The number of rotatable bonds is 5. The first-order valence-corrected chi connectivity index (χ1v) is 7.48. The van der Waals surface area contributed by atoms with Crippen LogP contribution in [0.25, 0.3) is 0 Å². The Hall–Kier alpha value is -1.70. The maximum Gasteiger partial charge on any atom is 0.414 e. The molecular formula is C17H23ClN2O2. The summed E-state index contributed by atoms with van der Waals surface area (Å²) in [7, 11) is 1.75. The smallest absolute Gasteiger partial charge is 0.414 e. The van der Waals surface area contributed by atoms with Gasteiger partial charge in [-0.2, -0.15) is 0 Å². The number of quaternary nitrogens is 1. The highest BCUT2D eigenvalue weighted by Gasteiger charge is 2.25. The number of aryl methyl sites for hydroxylation is 1. The minimum atomic E-state index is -0.307. The summed E-state index contributed by atoms with van der Waals surface area (Å²) < 4.78 is 5.44. The molecule has 0 spiro atoms. The topological polar surface area (TPSA) is 46.1 Å². The van der Waals surface area contributed by atoms with Crippen molar-refractivity contribution < 1.29 is 27.3 Å². The predicted octanol–water partition coefficient (Wildman–Crippen LogP) is -1.28. The van der Waals surface area contributed by atoms with E-state index in [0.717, 1.165) is 19.3 Å². The molecule has 0 heterocycles. The number of hydrogen-bond donors (Lipinski definition) is 1. The molecule has 0 saturated heterocycles. The molecule has 1 aliphatic rings. The predicted molar refractivity (Wildman–Crippen MR) is 82.1 cm³/mol. The molecule has 2 N–H and O–H groups in total. The van der Waals surface area contributed by atoms with Gasteiger partial charge in [0, 0.05) is 25.6 Å². The Bertz CT molecular complexity index is 554. The molecule has 1 amide bonds. The maximum atomic E-state index is 11.9. The fourth-order valence-corrected chi connectivity index (χ4v) is 2.74. The number of halogens is 1. The summed E-state index contributed by atoms with van der Waals surface area (Å²) in [5.74, 6) is 3.27. The highest BCUT2D eigenvalue weighted by atomic mass is 35.5. The van der Waals surface area contributed by atoms with E-state index in [9.17, 15) is 4.79 Å².